The van der Waals surface area contributed by atoms with Crippen molar-refractivity contribution in [3.63, 3.8) is 0 Å². The van der Waals surface area contributed by atoms with E-state index in [2.05, 4.69) is 5.32 Å². The molecule has 0 aliphatic rings. The molecule has 6 heteroatoms. The molecular formula is C15H22N2O4. The van der Waals surface area contributed by atoms with E-state index in [0.717, 1.165) is 0 Å². The van der Waals surface area contributed by atoms with Gasteiger partial charge >= 0.3 is 0 Å². The monoisotopic (exact) mass is 294 g/mol. The molecule has 1 unspecified atom stereocenters. The van der Waals surface area contributed by atoms with Crippen molar-refractivity contribution in [1.82, 2.24) is 4.90 Å². The summed E-state index contributed by atoms with van der Waals surface area (Å²) in [5, 5.41) is 2.74. The number of methoxy groups -OCH3 is 2. The van der Waals surface area contributed by atoms with Crippen LogP contribution in [0.2, 0.25) is 0 Å². The Labute approximate surface area is 125 Å². The molecule has 6 nitrogen and oxygen atoms in total. The number of benzene rings is 1. The Balaban J connectivity index is 3.03. The van der Waals surface area contributed by atoms with Crippen molar-refractivity contribution in [2.45, 2.75) is 19.4 Å². The molecule has 0 spiro atoms. The summed E-state index contributed by atoms with van der Waals surface area (Å²) in [4.78, 5) is 25.6. The number of carbonyl (C=O) groups excluding carboxylic acids is 2. The third-order valence-corrected chi connectivity index (χ3v) is 3.05. The van der Waals surface area contributed by atoms with Gasteiger partial charge in [0.2, 0.25) is 0 Å². The Bertz CT molecular complexity index is 510. The van der Waals surface area contributed by atoms with E-state index < -0.39 is 6.10 Å². The van der Waals surface area contributed by atoms with Gasteiger partial charge in [-0.1, -0.05) is 6.92 Å². The smallest absolute Gasteiger partial charge is 0.257 e. The average Bonchev–Trinajstić information content (AvgIpc) is 2.47. The van der Waals surface area contributed by atoms with Crippen molar-refractivity contribution < 1.29 is 19.1 Å². The number of rotatable bonds is 6. The number of nitrogens with one attached hydrogen (secondary N) is 1. The molecule has 2 amide bonds. The Morgan fingerprint density at radius 1 is 1.29 bits per heavy atom. The Morgan fingerprint density at radius 2 is 1.95 bits per heavy atom. The van der Waals surface area contributed by atoms with Gasteiger partial charge in [0, 0.05) is 26.9 Å². The van der Waals surface area contributed by atoms with E-state index in [4.69, 9.17) is 9.47 Å². The molecule has 1 rings (SSSR count). The van der Waals surface area contributed by atoms with E-state index in [1.165, 1.54) is 19.1 Å². The lowest BCUT2D eigenvalue weighted by Gasteiger charge is -2.16. The number of ether oxygens (including phenoxy) is 2. The van der Waals surface area contributed by atoms with Crippen molar-refractivity contribution in [1.29, 1.82) is 0 Å². The number of nitrogens with zero attached hydrogens (tertiary/aromatic N) is 1. The molecule has 0 aliphatic heterocycles. The van der Waals surface area contributed by atoms with Crippen LogP contribution in [0.5, 0.6) is 5.75 Å². The maximum absolute atomic E-state index is 12.1. The molecule has 1 atom stereocenters. The largest absolute Gasteiger partial charge is 0.496 e. The molecule has 1 N–H and O–H groups in total. The van der Waals surface area contributed by atoms with Crippen LogP contribution in [0, 0.1) is 0 Å². The third-order valence-electron chi connectivity index (χ3n) is 3.05. The molecule has 1 aromatic rings. The first-order chi connectivity index (χ1) is 9.94. The van der Waals surface area contributed by atoms with Gasteiger partial charge in [-0.05, 0) is 24.6 Å². The van der Waals surface area contributed by atoms with E-state index in [1.807, 2.05) is 6.92 Å². The Kier molecular flexibility index (Phi) is 6.17. The topological polar surface area (TPSA) is 67.9 Å². The maximum atomic E-state index is 12.1. The van der Waals surface area contributed by atoms with Gasteiger partial charge in [0.1, 0.15) is 11.9 Å². The van der Waals surface area contributed by atoms with Crippen LogP contribution < -0.4 is 10.1 Å². The normalized spacial score (nSPS) is 11.7. The van der Waals surface area contributed by atoms with Crippen LogP contribution in [0.4, 0.5) is 5.69 Å². The zero-order chi connectivity index (χ0) is 16.0. The van der Waals surface area contributed by atoms with Gasteiger partial charge in [-0.15, -0.1) is 0 Å². The predicted molar refractivity (Wildman–Crippen MR) is 80.7 cm³/mol. The predicted octanol–water partition coefficient (Wildman–Crippen LogP) is 1.76. The molecule has 116 valence electrons. The molecule has 0 bridgehead atoms. The van der Waals surface area contributed by atoms with Gasteiger partial charge < -0.3 is 19.7 Å². The van der Waals surface area contributed by atoms with Crippen LogP contribution in [-0.2, 0) is 9.53 Å². The van der Waals surface area contributed by atoms with Gasteiger partial charge in [-0.3, -0.25) is 9.59 Å². The van der Waals surface area contributed by atoms with Gasteiger partial charge in [0.05, 0.1) is 12.7 Å². The lowest BCUT2D eigenvalue weighted by Crippen LogP contribution is -2.29. The second-order valence-corrected chi connectivity index (χ2v) is 4.74. The van der Waals surface area contributed by atoms with Gasteiger partial charge in [-0.25, -0.2) is 0 Å². The van der Waals surface area contributed by atoms with Crippen LogP contribution in [0.3, 0.4) is 0 Å². The number of amides is 2. The summed E-state index contributed by atoms with van der Waals surface area (Å²) in [6, 6.07) is 4.94. The van der Waals surface area contributed by atoms with E-state index >= 15 is 0 Å². The first-order valence-electron chi connectivity index (χ1n) is 6.67. The zero-order valence-electron chi connectivity index (χ0n) is 13.1. The van der Waals surface area contributed by atoms with E-state index in [1.54, 1.807) is 32.3 Å². The zero-order valence-corrected chi connectivity index (χ0v) is 13.1. The molecule has 0 aromatic heterocycles. The van der Waals surface area contributed by atoms with Gasteiger partial charge in [0.25, 0.3) is 11.8 Å². The quantitative estimate of drug-likeness (QED) is 0.868. The highest BCUT2D eigenvalue weighted by atomic mass is 16.5. The van der Waals surface area contributed by atoms with Crippen molar-refractivity contribution in [2.75, 3.05) is 33.6 Å². The van der Waals surface area contributed by atoms with Crippen molar-refractivity contribution in [3.8, 4) is 5.75 Å². The van der Waals surface area contributed by atoms with Crippen LogP contribution in [0.1, 0.15) is 23.7 Å². The summed E-state index contributed by atoms with van der Waals surface area (Å²) in [6.07, 6.45) is 0.0576. The molecule has 0 radical (unpaired) electrons. The minimum Gasteiger partial charge on any atom is -0.496 e. The second kappa shape index (κ2) is 7.64. The van der Waals surface area contributed by atoms with E-state index in [-0.39, 0.29) is 11.8 Å². The van der Waals surface area contributed by atoms with Crippen LogP contribution in [0.15, 0.2) is 18.2 Å². The fraction of sp³-hybridized carbons (Fsp3) is 0.467. The minimum absolute atomic E-state index is 0.193. The maximum Gasteiger partial charge on any atom is 0.257 e. The summed E-state index contributed by atoms with van der Waals surface area (Å²) in [5.41, 5.74) is 0.923. The lowest BCUT2D eigenvalue weighted by molar-refractivity contribution is -0.125. The van der Waals surface area contributed by atoms with Crippen LogP contribution in [0.25, 0.3) is 0 Å². The summed E-state index contributed by atoms with van der Waals surface area (Å²) >= 11 is 0. The fourth-order valence-corrected chi connectivity index (χ4v) is 1.88. The van der Waals surface area contributed by atoms with Crippen LogP contribution >= 0.6 is 0 Å². The van der Waals surface area contributed by atoms with Crippen molar-refractivity contribution in [3.05, 3.63) is 23.8 Å². The highest BCUT2D eigenvalue weighted by molar-refractivity contribution is 6.00. The van der Waals surface area contributed by atoms with E-state index in [9.17, 15) is 9.59 Å². The van der Waals surface area contributed by atoms with Gasteiger partial charge in [-0.2, -0.15) is 0 Å². The molecule has 0 saturated heterocycles. The molecule has 0 fully saturated rings. The Hall–Kier alpha value is -2.08. The molecule has 0 saturated carbocycles. The average molecular weight is 294 g/mol. The molecule has 0 aliphatic carbocycles. The van der Waals surface area contributed by atoms with E-state index in [0.29, 0.717) is 23.4 Å². The summed E-state index contributed by atoms with van der Waals surface area (Å²) in [5.74, 6) is 0.0284. The van der Waals surface area contributed by atoms with Crippen molar-refractivity contribution >= 4 is 17.5 Å². The first kappa shape index (κ1) is 17.0. The standard InChI is InChI=1S/C15H22N2O4/c1-6-12(20-4)14(18)16-10-7-8-13(21-5)11(9-10)15(19)17(2)3/h7-9,12H,6H2,1-5H3,(H,16,18). The highest BCUT2D eigenvalue weighted by Crippen LogP contribution is 2.24. The number of anilines is 1. The molecule has 21 heavy (non-hydrogen) atoms. The molecule has 0 heterocycles. The molecular weight excluding hydrogens is 272 g/mol. The van der Waals surface area contributed by atoms with Crippen LogP contribution in [-0.4, -0.2) is 51.1 Å². The Morgan fingerprint density at radius 3 is 2.43 bits per heavy atom. The lowest BCUT2D eigenvalue weighted by atomic mass is 10.1. The summed E-state index contributed by atoms with van der Waals surface area (Å²) in [7, 11) is 6.30. The van der Waals surface area contributed by atoms with Crippen molar-refractivity contribution in [2.24, 2.45) is 0 Å². The van der Waals surface area contributed by atoms with Gasteiger partial charge in [0.15, 0.2) is 0 Å². The number of hydrogen-bond acceptors (Lipinski definition) is 4. The highest BCUT2D eigenvalue weighted by Gasteiger charge is 2.18. The second-order valence-electron chi connectivity index (χ2n) is 4.74. The minimum atomic E-state index is -0.514. The SMILES string of the molecule is CCC(OC)C(=O)Nc1ccc(OC)c(C(=O)N(C)C)c1. The molecule has 1 aromatic carbocycles. The summed E-state index contributed by atoms with van der Waals surface area (Å²) < 4.78 is 10.3. The first-order valence-corrected chi connectivity index (χ1v) is 6.67. The summed E-state index contributed by atoms with van der Waals surface area (Å²) in [6.45, 7) is 1.86. The number of hydrogen-bond donors (Lipinski definition) is 1. The number of carbonyl (C=O) groups is 2. The fourth-order valence-electron chi connectivity index (χ4n) is 1.88. The third kappa shape index (κ3) is 4.19.